The number of aliphatic hydroxyl groups excluding tert-OH is 2. The molecule has 0 radical (unpaired) electrons. The van der Waals surface area contributed by atoms with E-state index in [1.807, 2.05) is 38.1 Å². The van der Waals surface area contributed by atoms with Gasteiger partial charge in [0.15, 0.2) is 0 Å². The summed E-state index contributed by atoms with van der Waals surface area (Å²) in [6, 6.07) is 7.79. The summed E-state index contributed by atoms with van der Waals surface area (Å²) in [5, 5.41) is 22.7. The van der Waals surface area contributed by atoms with Gasteiger partial charge < -0.3 is 10.2 Å². The third-order valence-corrected chi connectivity index (χ3v) is 3.87. The largest absolute Gasteiger partial charge is 0.390 e. The van der Waals surface area contributed by atoms with Crippen LogP contribution in [0, 0.1) is 5.92 Å². The Bertz CT molecular complexity index is 532. The molecule has 0 amide bonds. The van der Waals surface area contributed by atoms with Gasteiger partial charge in [-0.25, -0.2) is 0 Å². The molecule has 2 unspecified atom stereocenters. The smallest absolute Gasteiger partial charge is 0.107 e. The Hall–Kier alpha value is -1.45. The third kappa shape index (κ3) is 2.77. The normalized spacial score (nSPS) is 14.8. The van der Waals surface area contributed by atoms with E-state index in [4.69, 9.17) is 0 Å². The van der Waals surface area contributed by atoms with Crippen LogP contribution in [0.25, 0.3) is 10.8 Å². The standard InChI is InChI=1S/C16H21NO2/c1-3-11(4-2)15(18)16(19)14-10-17-9-12-7-5-6-8-13(12)14/h5-11,15-16,18-19H,3-4H2,1-2H3. The van der Waals surface area contributed by atoms with Crippen LogP contribution in [-0.2, 0) is 0 Å². The summed E-state index contributed by atoms with van der Waals surface area (Å²) in [5.74, 6) is 0.106. The zero-order valence-corrected chi connectivity index (χ0v) is 11.5. The number of hydrogen-bond donors (Lipinski definition) is 2. The number of pyridine rings is 1. The lowest BCUT2D eigenvalue weighted by molar-refractivity contribution is -0.0203. The van der Waals surface area contributed by atoms with Crippen LogP contribution in [0.5, 0.6) is 0 Å². The molecule has 0 fully saturated rings. The quantitative estimate of drug-likeness (QED) is 0.867. The fourth-order valence-electron chi connectivity index (χ4n) is 2.59. The number of rotatable bonds is 5. The monoisotopic (exact) mass is 259 g/mol. The number of aromatic nitrogens is 1. The van der Waals surface area contributed by atoms with Gasteiger partial charge in [0.05, 0.1) is 6.10 Å². The highest BCUT2D eigenvalue weighted by Crippen LogP contribution is 2.29. The molecule has 0 bridgehead atoms. The summed E-state index contributed by atoms with van der Waals surface area (Å²) in [6.07, 6.45) is 3.50. The number of aliphatic hydroxyl groups is 2. The van der Waals surface area contributed by atoms with Crippen LogP contribution in [0.15, 0.2) is 36.7 Å². The van der Waals surface area contributed by atoms with E-state index < -0.39 is 12.2 Å². The van der Waals surface area contributed by atoms with Crippen LogP contribution >= 0.6 is 0 Å². The van der Waals surface area contributed by atoms with Gasteiger partial charge in [0.2, 0.25) is 0 Å². The highest BCUT2D eigenvalue weighted by molar-refractivity contribution is 5.84. The van der Waals surface area contributed by atoms with Gasteiger partial charge in [-0.2, -0.15) is 0 Å². The molecule has 1 heterocycles. The average Bonchev–Trinajstić information content (AvgIpc) is 2.47. The molecule has 0 aliphatic rings. The maximum atomic E-state index is 10.4. The minimum absolute atomic E-state index is 0.106. The predicted molar refractivity (Wildman–Crippen MR) is 76.8 cm³/mol. The molecular weight excluding hydrogens is 238 g/mol. The summed E-state index contributed by atoms with van der Waals surface area (Å²) in [4.78, 5) is 4.16. The third-order valence-electron chi connectivity index (χ3n) is 3.87. The maximum absolute atomic E-state index is 10.4. The lowest BCUT2D eigenvalue weighted by Gasteiger charge is -2.25. The molecule has 1 aromatic heterocycles. The van der Waals surface area contributed by atoms with Crippen molar-refractivity contribution in [2.75, 3.05) is 0 Å². The van der Waals surface area contributed by atoms with Crippen molar-refractivity contribution < 1.29 is 10.2 Å². The van der Waals surface area contributed by atoms with E-state index >= 15 is 0 Å². The lowest BCUT2D eigenvalue weighted by Crippen LogP contribution is -2.27. The Morgan fingerprint density at radius 3 is 2.42 bits per heavy atom. The molecule has 2 atom stereocenters. The average molecular weight is 259 g/mol. The fraction of sp³-hybridized carbons (Fsp3) is 0.438. The maximum Gasteiger partial charge on any atom is 0.107 e. The molecule has 3 heteroatoms. The first-order chi connectivity index (χ1) is 9.19. The molecule has 19 heavy (non-hydrogen) atoms. The number of benzene rings is 1. The highest BCUT2D eigenvalue weighted by atomic mass is 16.3. The van der Waals surface area contributed by atoms with Gasteiger partial charge in [-0.05, 0) is 11.3 Å². The first-order valence-electron chi connectivity index (χ1n) is 6.87. The van der Waals surface area contributed by atoms with Crippen molar-refractivity contribution in [2.45, 2.75) is 38.9 Å². The molecule has 2 N–H and O–H groups in total. The van der Waals surface area contributed by atoms with Crippen LogP contribution in [0.2, 0.25) is 0 Å². The number of fused-ring (bicyclic) bond motifs is 1. The summed E-state index contributed by atoms with van der Waals surface area (Å²) in [5.41, 5.74) is 0.706. The number of hydrogen-bond acceptors (Lipinski definition) is 3. The highest BCUT2D eigenvalue weighted by Gasteiger charge is 2.26. The topological polar surface area (TPSA) is 53.4 Å². The molecular formula is C16H21NO2. The van der Waals surface area contributed by atoms with E-state index in [0.717, 1.165) is 23.6 Å². The van der Waals surface area contributed by atoms with Gasteiger partial charge in [-0.15, -0.1) is 0 Å². The van der Waals surface area contributed by atoms with Crippen LogP contribution in [0.1, 0.15) is 38.4 Å². The molecule has 3 nitrogen and oxygen atoms in total. The second-order valence-electron chi connectivity index (χ2n) is 4.96. The minimum atomic E-state index is -0.886. The Morgan fingerprint density at radius 1 is 1.05 bits per heavy atom. The van der Waals surface area contributed by atoms with E-state index in [0.29, 0.717) is 5.56 Å². The molecule has 0 saturated heterocycles. The minimum Gasteiger partial charge on any atom is -0.390 e. The van der Waals surface area contributed by atoms with Crippen molar-refractivity contribution in [1.82, 2.24) is 4.98 Å². The molecule has 0 aliphatic carbocycles. The molecule has 0 spiro atoms. The van der Waals surface area contributed by atoms with E-state index in [1.54, 1.807) is 12.4 Å². The predicted octanol–water partition coefficient (Wildman–Crippen LogP) is 3.07. The Labute approximate surface area is 113 Å². The molecule has 102 valence electrons. The summed E-state index contributed by atoms with van der Waals surface area (Å²) >= 11 is 0. The molecule has 0 aliphatic heterocycles. The Morgan fingerprint density at radius 2 is 1.74 bits per heavy atom. The number of nitrogens with zero attached hydrogens (tertiary/aromatic N) is 1. The van der Waals surface area contributed by atoms with Gasteiger partial charge >= 0.3 is 0 Å². The van der Waals surface area contributed by atoms with E-state index in [1.165, 1.54) is 0 Å². The molecule has 2 aromatic rings. The zero-order chi connectivity index (χ0) is 13.8. The van der Waals surface area contributed by atoms with E-state index in [9.17, 15) is 10.2 Å². The summed E-state index contributed by atoms with van der Waals surface area (Å²) in [7, 11) is 0. The van der Waals surface area contributed by atoms with E-state index in [2.05, 4.69) is 4.98 Å². The van der Waals surface area contributed by atoms with Crippen molar-refractivity contribution in [2.24, 2.45) is 5.92 Å². The zero-order valence-electron chi connectivity index (χ0n) is 11.5. The van der Waals surface area contributed by atoms with Crippen molar-refractivity contribution in [3.8, 4) is 0 Å². The van der Waals surface area contributed by atoms with Crippen LogP contribution in [-0.4, -0.2) is 21.3 Å². The van der Waals surface area contributed by atoms with E-state index in [-0.39, 0.29) is 5.92 Å². The van der Waals surface area contributed by atoms with Gasteiger partial charge in [-0.3, -0.25) is 4.98 Å². The lowest BCUT2D eigenvalue weighted by atomic mass is 9.89. The first-order valence-corrected chi connectivity index (χ1v) is 6.87. The summed E-state index contributed by atoms with van der Waals surface area (Å²) in [6.45, 7) is 4.07. The second kappa shape index (κ2) is 6.13. The van der Waals surface area contributed by atoms with Crippen molar-refractivity contribution in [3.05, 3.63) is 42.2 Å². The van der Waals surface area contributed by atoms with Crippen molar-refractivity contribution >= 4 is 10.8 Å². The van der Waals surface area contributed by atoms with Crippen molar-refractivity contribution in [1.29, 1.82) is 0 Å². The Kier molecular flexibility index (Phi) is 4.51. The van der Waals surface area contributed by atoms with Gasteiger partial charge in [0, 0.05) is 23.3 Å². The second-order valence-corrected chi connectivity index (χ2v) is 4.96. The van der Waals surface area contributed by atoms with Gasteiger partial charge in [0.25, 0.3) is 0 Å². The molecule has 2 rings (SSSR count). The van der Waals surface area contributed by atoms with Crippen molar-refractivity contribution in [3.63, 3.8) is 0 Å². The SMILES string of the molecule is CCC(CC)C(O)C(O)c1cncc2ccccc12. The van der Waals surface area contributed by atoms with Crippen LogP contribution in [0.4, 0.5) is 0 Å². The van der Waals surface area contributed by atoms with Gasteiger partial charge in [0.1, 0.15) is 6.10 Å². The fourth-order valence-corrected chi connectivity index (χ4v) is 2.59. The Balaban J connectivity index is 2.38. The molecule has 1 aromatic carbocycles. The molecule has 0 saturated carbocycles. The van der Waals surface area contributed by atoms with Crippen LogP contribution in [0.3, 0.4) is 0 Å². The van der Waals surface area contributed by atoms with Crippen LogP contribution < -0.4 is 0 Å². The summed E-state index contributed by atoms with van der Waals surface area (Å²) < 4.78 is 0. The van der Waals surface area contributed by atoms with Gasteiger partial charge in [-0.1, -0.05) is 51.0 Å². The first kappa shape index (κ1) is 14.0.